The zero-order valence-electron chi connectivity index (χ0n) is 15.4. The van der Waals surface area contributed by atoms with Gasteiger partial charge in [-0.1, -0.05) is 24.3 Å². The first kappa shape index (κ1) is 17.6. The largest absolute Gasteiger partial charge is 0.467 e. The summed E-state index contributed by atoms with van der Waals surface area (Å²) in [7, 11) is 1.27. The fourth-order valence-electron chi connectivity index (χ4n) is 3.37. The summed E-state index contributed by atoms with van der Waals surface area (Å²) >= 11 is 0. The summed E-state index contributed by atoms with van der Waals surface area (Å²) in [6.07, 6.45) is 0. The van der Waals surface area contributed by atoms with Crippen LogP contribution in [0.25, 0.3) is 0 Å². The minimum Gasteiger partial charge on any atom is -0.467 e. The molecule has 0 atom stereocenters. The molecule has 3 heterocycles. The third-order valence-corrected chi connectivity index (χ3v) is 4.76. The van der Waals surface area contributed by atoms with Gasteiger partial charge in [0.2, 0.25) is 11.9 Å². The maximum atomic E-state index is 12.8. The summed E-state index contributed by atoms with van der Waals surface area (Å²) in [6, 6.07) is 12.3. The molecule has 2 aliphatic heterocycles. The van der Waals surface area contributed by atoms with E-state index in [4.69, 9.17) is 4.74 Å². The Balaban J connectivity index is 1.62. The van der Waals surface area contributed by atoms with E-state index in [1.165, 1.54) is 31.4 Å². The molecule has 0 unspecified atom stereocenters. The van der Waals surface area contributed by atoms with Crippen LogP contribution in [0.2, 0.25) is 0 Å². The normalized spacial score (nSPS) is 15.0. The molecule has 2 aromatic carbocycles. The number of rotatable bonds is 3. The van der Waals surface area contributed by atoms with E-state index in [1.54, 1.807) is 24.3 Å². The van der Waals surface area contributed by atoms with Crippen LogP contribution in [0.5, 0.6) is 6.01 Å². The molecule has 0 bridgehead atoms. The van der Waals surface area contributed by atoms with Gasteiger partial charge in [0.1, 0.15) is 0 Å². The zero-order valence-corrected chi connectivity index (χ0v) is 15.4. The van der Waals surface area contributed by atoms with Crippen molar-refractivity contribution in [3.63, 3.8) is 0 Å². The first-order chi connectivity index (χ1) is 14.5. The molecule has 10 heteroatoms. The van der Waals surface area contributed by atoms with Crippen molar-refractivity contribution in [1.29, 1.82) is 0 Å². The van der Waals surface area contributed by atoms with Crippen molar-refractivity contribution in [3.05, 3.63) is 70.8 Å². The Labute approximate surface area is 168 Å². The quantitative estimate of drug-likeness (QED) is 0.605. The topological polar surface area (TPSA) is 123 Å². The predicted octanol–water partition coefficient (Wildman–Crippen LogP) is 1.48. The van der Waals surface area contributed by atoms with E-state index in [2.05, 4.69) is 15.0 Å². The number of carbonyl (C=O) groups is 4. The highest BCUT2D eigenvalue weighted by molar-refractivity contribution is 6.35. The fourth-order valence-corrected chi connectivity index (χ4v) is 3.37. The summed E-state index contributed by atoms with van der Waals surface area (Å²) in [6.45, 7) is 0. The van der Waals surface area contributed by atoms with Crippen molar-refractivity contribution in [2.75, 3.05) is 16.9 Å². The van der Waals surface area contributed by atoms with E-state index in [9.17, 15) is 19.2 Å². The van der Waals surface area contributed by atoms with Crippen LogP contribution in [0.4, 0.5) is 11.9 Å². The molecule has 4 amide bonds. The van der Waals surface area contributed by atoms with Crippen LogP contribution in [0, 0.1) is 0 Å². The van der Waals surface area contributed by atoms with Crippen LogP contribution in [0.3, 0.4) is 0 Å². The molecule has 0 saturated carbocycles. The van der Waals surface area contributed by atoms with Gasteiger partial charge in [-0.15, -0.1) is 0 Å². The Hall–Kier alpha value is -4.47. The van der Waals surface area contributed by atoms with E-state index in [0.29, 0.717) is 0 Å². The minimum atomic E-state index is -0.628. The van der Waals surface area contributed by atoms with Crippen molar-refractivity contribution in [2.24, 2.45) is 0 Å². The molecule has 0 saturated heterocycles. The smallest absolute Gasteiger partial charge is 0.322 e. The summed E-state index contributed by atoms with van der Waals surface area (Å²) in [4.78, 5) is 64.6. The maximum Gasteiger partial charge on any atom is 0.322 e. The van der Waals surface area contributed by atoms with Gasteiger partial charge < -0.3 is 4.74 Å². The van der Waals surface area contributed by atoms with Crippen molar-refractivity contribution in [2.45, 2.75) is 0 Å². The number of aromatic nitrogens is 3. The molecule has 0 N–H and O–H groups in total. The van der Waals surface area contributed by atoms with Gasteiger partial charge in [-0.05, 0) is 24.3 Å². The second-order valence-corrected chi connectivity index (χ2v) is 6.40. The number of carbonyl (C=O) groups excluding carboxylic acids is 4. The van der Waals surface area contributed by atoms with Gasteiger partial charge in [-0.25, -0.2) is 9.80 Å². The number of imide groups is 2. The van der Waals surface area contributed by atoms with Crippen molar-refractivity contribution in [3.8, 4) is 6.01 Å². The highest BCUT2D eigenvalue weighted by Crippen LogP contribution is 2.30. The molecule has 0 fully saturated rings. The van der Waals surface area contributed by atoms with Crippen molar-refractivity contribution >= 4 is 35.5 Å². The Kier molecular flexibility index (Phi) is 3.68. The van der Waals surface area contributed by atoms with Crippen LogP contribution in [-0.2, 0) is 0 Å². The molecular formula is C20H11N5O5. The fraction of sp³-hybridized carbons (Fsp3) is 0.0500. The van der Waals surface area contributed by atoms with Crippen molar-refractivity contribution in [1.82, 2.24) is 15.0 Å². The van der Waals surface area contributed by atoms with Crippen LogP contribution in [0.1, 0.15) is 41.4 Å². The van der Waals surface area contributed by atoms with E-state index >= 15 is 0 Å². The van der Waals surface area contributed by atoms with Gasteiger partial charge in [-0.3, -0.25) is 19.2 Å². The highest BCUT2D eigenvalue weighted by Gasteiger charge is 2.41. The molecule has 30 heavy (non-hydrogen) atoms. The SMILES string of the molecule is COc1nc(N2C(=O)c3ccccc3C2=O)nc(N2C(=O)c3ccccc3C2=O)n1. The summed E-state index contributed by atoms with van der Waals surface area (Å²) < 4.78 is 5.05. The number of hydrogen-bond donors (Lipinski definition) is 0. The van der Waals surface area contributed by atoms with Gasteiger partial charge in [0.15, 0.2) is 0 Å². The molecule has 0 spiro atoms. The molecule has 2 aliphatic rings. The zero-order chi connectivity index (χ0) is 21.0. The maximum absolute atomic E-state index is 12.8. The van der Waals surface area contributed by atoms with E-state index < -0.39 is 23.6 Å². The first-order valence-electron chi connectivity index (χ1n) is 8.77. The van der Waals surface area contributed by atoms with E-state index in [0.717, 1.165) is 9.80 Å². The molecular weight excluding hydrogens is 390 g/mol. The Bertz CT molecular complexity index is 1120. The second-order valence-electron chi connectivity index (χ2n) is 6.40. The van der Waals surface area contributed by atoms with Crippen molar-refractivity contribution < 1.29 is 23.9 Å². The molecule has 146 valence electrons. The summed E-state index contributed by atoms with van der Waals surface area (Å²) in [5, 5.41) is 0. The number of methoxy groups -OCH3 is 1. The third kappa shape index (κ3) is 2.33. The van der Waals surface area contributed by atoms with Crippen LogP contribution >= 0.6 is 0 Å². The number of benzene rings is 2. The number of nitrogens with zero attached hydrogens (tertiary/aromatic N) is 5. The average Bonchev–Trinajstić information content (AvgIpc) is 3.18. The number of anilines is 2. The monoisotopic (exact) mass is 401 g/mol. The molecule has 0 aliphatic carbocycles. The number of ether oxygens (including phenoxy) is 1. The standard InChI is InChI=1S/C20H11N5O5/c1-30-20-22-18(24-14(26)10-6-2-3-7-11(10)15(24)27)21-19(23-20)25-16(28)12-8-4-5-9-13(12)17(25)29/h2-9H,1H3. The van der Waals surface area contributed by atoms with E-state index in [-0.39, 0.29) is 40.2 Å². The molecule has 1 aromatic heterocycles. The molecule has 3 aromatic rings. The minimum absolute atomic E-state index is 0.198. The van der Waals surface area contributed by atoms with Gasteiger partial charge in [0, 0.05) is 0 Å². The predicted molar refractivity (Wildman–Crippen MR) is 102 cm³/mol. The summed E-state index contributed by atoms with van der Waals surface area (Å²) in [5.41, 5.74) is 0.793. The van der Waals surface area contributed by atoms with E-state index in [1.807, 2.05) is 0 Å². The van der Waals surface area contributed by atoms with Gasteiger partial charge in [0.25, 0.3) is 23.6 Å². The number of amides is 4. The lowest BCUT2D eigenvalue weighted by atomic mass is 10.1. The summed E-state index contributed by atoms with van der Waals surface area (Å²) in [5.74, 6) is -3.21. The Morgan fingerprint density at radius 3 is 1.23 bits per heavy atom. The Morgan fingerprint density at radius 2 is 0.933 bits per heavy atom. The molecule has 0 radical (unpaired) electrons. The van der Waals surface area contributed by atoms with Crippen LogP contribution in [0.15, 0.2) is 48.5 Å². The molecule has 10 nitrogen and oxygen atoms in total. The number of hydrogen-bond acceptors (Lipinski definition) is 8. The second kappa shape index (κ2) is 6.27. The van der Waals surface area contributed by atoms with Crippen LogP contribution in [-0.4, -0.2) is 45.7 Å². The lowest BCUT2D eigenvalue weighted by Gasteiger charge is -2.16. The van der Waals surface area contributed by atoms with Crippen LogP contribution < -0.4 is 14.5 Å². The Morgan fingerprint density at radius 1 is 0.600 bits per heavy atom. The highest BCUT2D eigenvalue weighted by atomic mass is 16.5. The molecule has 5 rings (SSSR count). The first-order valence-corrected chi connectivity index (χ1v) is 8.77. The number of fused-ring (bicyclic) bond motifs is 2. The third-order valence-electron chi connectivity index (χ3n) is 4.76. The average molecular weight is 401 g/mol. The lowest BCUT2D eigenvalue weighted by molar-refractivity contribution is 0.0911. The van der Waals surface area contributed by atoms with Gasteiger partial charge >= 0.3 is 6.01 Å². The lowest BCUT2D eigenvalue weighted by Crippen LogP contribution is -2.35. The van der Waals surface area contributed by atoms with Gasteiger partial charge in [-0.2, -0.15) is 15.0 Å². The van der Waals surface area contributed by atoms with Gasteiger partial charge in [0.05, 0.1) is 29.4 Å².